The van der Waals surface area contributed by atoms with Crippen molar-refractivity contribution >= 4 is 11.6 Å². The standard InChI is InChI=1S/C16H19N3O3/c1-3-22-16-17-10-13(11-18-16)19-15(20)9-6-12-4-7-14(21-2)8-5-12/h4-5,7-8,10-11H,3,6,9H2,1-2H3,(H,19,20). The van der Waals surface area contributed by atoms with Crippen molar-refractivity contribution in [3.8, 4) is 11.8 Å². The van der Waals surface area contributed by atoms with E-state index in [1.807, 2.05) is 31.2 Å². The topological polar surface area (TPSA) is 73.3 Å². The third-order valence-corrected chi connectivity index (χ3v) is 2.99. The highest BCUT2D eigenvalue weighted by Crippen LogP contribution is 2.13. The highest BCUT2D eigenvalue weighted by atomic mass is 16.5. The van der Waals surface area contributed by atoms with Gasteiger partial charge in [-0.1, -0.05) is 12.1 Å². The fraction of sp³-hybridized carbons (Fsp3) is 0.312. The van der Waals surface area contributed by atoms with Crippen LogP contribution in [0, 0.1) is 0 Å². The van der Waals surface area contributed by atoms with Crippen molar-refractivity contribution in [1.82, 2.24) is 9.97 Å². The van der Waals surface area contributed by atoms with Gasteiger partial charge in [-0.3, -0.25) is 4.79 Å². The van der Waals surface area contributed by atoms with E-state index in [1.54, 1.807) is 7.11 Å². The van der Waals surface area contributed by atoms with E-state index in [9.17, 15) is 4.79 Å². The minimum absolute atomic E-state index is 0.0800. The first-order valence-electron chi connectivity index (χ1n) is 7.09. The summed E-state index contributed by atoms with van der Waals surface area (Å²) in [5.74, 6) is 0.725. The third kappa shape index (κ3) is 4.73. The van der Waals surface area contributed by atoms with Crippen molar-refractivity contribution in [2.45, 2.75) is 19.8 Å². The molecule has 2 aromatic rings. The molecule has 0 fully saturated rings. The summed E-state index contributed by atoms with van der Waals surface area (Å²) >= 11 is 0. The third-order valence-electron chi connectivity index (χ3n) is 2.99. The average molecular weight is 301 g/mol. The van der Waals surface area contributed by atoms with Crippen LogP contribution in [0.1, 0.15) is 18.9 Å². The van der Waals surface area contributed by atoms with Gasteiger partial charge in [0.2, 0.25) is 5.91 Å². The molecule has 0 radical (unpaired) electrons. The highest BCUT2D eigenvalue weighted by Gasteiger charge is 2.05. The maximum Gasteiger partial charge on any atom is 0.316 e. The van der Waals surface area contributed by atoms with Crippen LogP contribution in [-0.2, 0) is 11.2 Å². The van der Waals surface area contributed by atoms with Crippen LogP contribution >= 0.6 is 0 Å². The molecule has 22 heavy (non-hydrogen) atoms. The highest BCUT2D eigenvalue weighted by molar-refractivity contribution is 5.90. The maximum atomic E-state index is 11.9. The fourth-order valence-corrected chi connectivity index (χ4v) is 1.86. The molecule has 0 aliphatic heterocycles. The minimum atomic E-state index is -0.0800. The SMILES string of the molecule is CCOc1ncc(NC(=O)CCc2ccc(OC)cc2)cn1. The van der Waals surface area contributed by atoms with Gasteiger partial charge in [-0.25, -0.2) is 9.97 Å². The van der Waals surface area contributed by atoms with E-state index in [4.69, 9.17) is 9.47 Å². The summed E-state index contributed by atoms with van der Waals surface area (Å²) in [5.41, 5.74) is 1.64. The predicted octanol–water partition coefficient (Wildman–Crippen LogP) is 2.46. The van der Waals surface area contributed by atoms with Crippen LogP contribution in [-0.4, -0.2) is 29.6 Å². The molecule has 0 atom stereocenters. The van der Waals surface area contributed by atoms with E-state index in [2.05, 4.69) is 15.3 Å². The number of aromatic nitrogens is 2. The van der Waals surface area contributed by atoms with E-state index in [0.29, 0.717) is 31.1 Å². The lowest BCUT2D eigenvalue weighted by Crippen LogP contribution is -2.13. The fourth-order valence-electron chi connectivity index (χ4n) is 1.86. The molecule has 6 heteroatoms. The molecule has 1 aromatic carbocycles. The smallest absolute Gasteiger partial charge is 0.316 e. The zero-order chi connectivity index (χ0) is 15.8. The van der Waals surface area contributed by atoms with Crippen molar-refractivity contribution < 1.29 is 14.3 Å². The Kier molecular flexibility index (Phi) is 5.71. The van der Waals surface area contributed by atoms with Crippen LogP contribution in [0.4, 0.5) is 5.69 Å². The van der Waals surface area contributed by atoms with Crippen LogP contribution in [0.25, 0.3) is 0 Å². The second-order valence-electron chi connectivity index (χ2n) is 4.58. The van der Waals surface area contributed by atoms with Gasteiger partial charge in [0.15, 0.2) is 0 Å². The number of carbonyl (C=O) groups is 1. The van der Waals surface area contributed by atoms with Crippen molar-refractivity contribution in [3.05, 3.63) is 42.2 Å². The van der Waals surface area contributed by atoms with Gasteiger partial charge in [0.1, 0.15) is 5.75 Å². The van der Waals surface area contributed by atoms with Crippen LogP contribution in [0.2, 0.25) is 0 Å². The molecule has 1 heterocycles. The lowest BCUT2D eigenvalue weighted by atomic mass is 10.1. The second kappa shape index (κ2) is 7.97. The molecule has 0 aliphatic carbocycles. The number of aryl methyl sites for hydroxylation is 1. The Morgan fingerprint density at radius 3 is 2.45 bits per heavy atom. The first kappa shape index (κ1) is 15.8. The van der Waals surface area contributed by atoms with E-state index in [1.165, 1.54) is 12.4 Å². The molecule has 1 amide bonds. The van der Waals surface area contributed by atoms with E-state index in [0.717, 1.165) is 11.3 Å². The average Bonchev–Trinajstić information content (AvgIpc) is 2.55. The summed E-state index contributed by atoms with van der Waals surface area (Å²) < 4.78 is 10.2. The zero-order valence-electron chi connectivity index (χ0n) is 12.7. The van der Waals surface area contributed by atoms with Crippen LogP contribution in [0.15, 0.2) is 36.7 Å². The number of ether oxygens (including phenoxy) is 2. The molecular weight excluding hydrogens is 282 g/mol. The quantitative estimate of drug-likeness (QED) is 0.850. The number of benzene rings is 1. The number of nitrogens with zero attached hydrogens (tertiary/aromatic N) is 2. The molecule has 0 spiro atoms. The van der Waals surface area contributed by atoms with Crippen molar-refractivity contribution in [2.75, 3.05) is 19.0 Å². The lowest BCUT2D eigenvalue weighted by Gasteiger charge is -2.06. The summed E-state index contributed by atoms with van der Waals surface area (Å²) in [7, 11) is 1.63. The summed E-state index contributed by atoms with van der Waals surface area (Å²) in [5, 5.41) is 2.76. The van der Waals surface area contributed by atoms with E-state index >= 15 is 0 Å². The Morgan fingerprint density at radius 2 is 1.86 bits per heavy atom. The van der Waals surface area contributed by atoms with Crippen molar-refractivity contribution in [2.24, 2.45) is 0 Å². The van der Waals surface area contributed by atoms with Gasteiger partial charge in [-0.15, -0.1) is 0 Å². The van der Waals surface area contributed by atoms with Crippen LogP contribution in [0.3, 0.4) is 0 Å². The molecule has 116 valence electrons. The molecule has 2 rings (SSSR count). The summed E-state index contributed by atoms with van der Waals surface area (Å²) in [6.07, 6.45) is 4.11. The Balaban J connectivity index is 1.81. The number of carbonyl (C=O) groups excluding carboxylic acids is 1. The van der Waals surface area contributed by atoms with Crippen molar-refractivity contribution in [3.63, 3.8) is 0 Å². The summed E-state index contributed by atoms with van der Waals surface area (Å²) in [6, 6.07) is 7.97. The second-order valence-corrected chi connectivity index (χ2v) is 4.58. The Labute approximate surface area is 129 Å². The minimum Gasteiger partial charge on any atom is -0.497 e. The Hall–Kier alpha value is -2.63. The normalized spacial score (nSPS) is 10.1. The Morgan fingerprint density at radius 1 is 1.18 bits per heavy atom. The van der Waals surface area contributed by atoms with Crippen LogP contribution < -0.4 is 14.8 Å². The number of nitrogens with one attached hydrogen (secondary N) is 1. The van der Waals surface area contributed by atoms with Gasteiger partial charge in [0.05, 0.1) is 31.8 Å². The first-order valence-corrected chi connectivity index (χ1v) is 7.09. The molecule has 1 N–H and O–H groups in total. The number of methoxy groups -OCH3 is 1. The number of hydrogen-bond donors (Lipinski definition) is 1. The van der Waals surface area contributed by atoms with Gasteiger partial charge in [0, 0.05) is 6.42 Å². The van der Waals surface area contributed by atoms with Crippen molar-refractivity contribution in [1.29, 1.82) is 0 Å². The van der Waals surface area contributed by atoms with Gasteiger partial charge in [-0.05, 0) is 31.0 Å². The summed E-state index contributed by atoms with van der Waals surface area (Å²) in [6.45, 7) is 2.37. The maximum absolute atomic E-state index is 11.9. The molecule has 0 bridgehead atoms. The summed E-state index contributed by atoms with van der Waals surface area (Å²) in [4.78, 5) is 19.9. The number of hydrogen-bond acceptors (Lipinski definition) is 5. The zero-order valence-corrected chi connectivity index (χ0v) is 12.7. The van der Waals surface area contributed by atoms with E-state index < -0.39 is 0 Å². The van der Waals surface area contributed by atoms with Gasteiger partial charge >= 0.3 is 6.01 Å². The predicted molar refractivity (Wildman–Crippen MR) is 83.1 cm³/mol. The van der Waals surface area contributed by atoms with Gasteiger partial charge in [0.25, 0.3) is 0 Å². The molecule has 0 unspecified atom stereocenters. The number of rotatable bonds is 7. The van der Waals surface area contributed by atoms with E-state index in [-0.39, 0.29) is 5.91 Å². The number of amides is 1. The van der Waals surface area contributed by atoms with Gasteiger partial charge in [-0.2, -0.15) is 0 Å². The molecule has 1 aromatic heterocycles. The lowest BCUT2D eigenvalue weighted by molar-refractivity contribution is -0.116. The monoisotopic (exact) mass is 301 g/mol. The van der Waals surface area contributed by atoms with Gasteiger partial charge < -0.3 is 14.8 Å². The number of anilines is 1. The molecule has 6 nitrogen and oxygen atoms in total. The Bertz CT molecular complexity index is 597. The first-order chi connectivity index (χ1) is 10.7. The van der Waals surface area contributed by atoms with Crippen LogP contribution in [0.5, 0.6) is 11.8 Å². The molecule has 0 saturated carbocycles. The molecular formula is C16H19N3O3. The molecule has 0 saturated heterocycles. The largest absolute Gasteiger partial charge is 0.497 e. The molecule has 0 aliphatic rings.